The van der Waals surface area contributed by atoms with Gasteiger partial charge >= 0.3 is 11.9 Å². The first-order valence-electron chi connectivity index (χ1n) is 8.57. The maximum Gasteiger partial charge on any atom is 0.311 e. The molecule has 134 valence electrons. The van der Waals surface area contributed by atoms with Crippen molar-refractivity contribution < 1.29 is 19.1 Å². The molecule has 0 saturated carbocycles. The highest BCUT2D eigenvalue weighted by Gasteiger charge is 2.22. The number of ether oxygens (including phenoxy) is 2. The number of aryl methyl sites for hydroxylation is 1. The lowest BCUT2D eigenvalue weighted by Crippen LogP contribution is -2.17. The van der Waals surface area contributed by atoms with Crippen molar-refractivity contribution in [2.24, 2.45) is 5.92 Å². The summed E-state index contributed by atoms with van der Waals surface area (Å²) in [6.45, 7) is 12.6. The van der Waals surface area contributed by atoms with Crippen LogP contribution in [0.4, 0.5) is 0 Å². The maximum atomic E-state index is 12.1. The molecule has 0 N–H and O–H groups in total. The van der Waals surface area contributed by atoms with Gasteiger partial charge < -0.3 is 9.47 Å². The largest absolute Gasteiger partial charge is 0.465 e. The second kappa shape index (κ2) is 8.86. The van der Waals surface area contributed by atoms with Crippen LogP contribution in [-0.4, -0.2) is 18.5 Å². The number of hydrogen-bond donors (Lipinski definition) is 0. The zero-order valence-corrected chi connectivity index (χ0v) is 15.8. The first-order valence-corrected chi connectivity index (χ1v) is 8.57. The van der Waals surface area contributed by atoms with E-state index in [0.29, 0.717) is 24.7 Å². The minimum Gasteiger partial charge on any atom is -0.465 e. The first-order chi connectivity index (χ1) is 11.1. The lowest BCUT2D eigenvalue weighted by Gasteiger charge is -2.23. The highest BCUT2D eigenvalue weighted by atomic mass is 16.5. The number of benzene rings is 1. The summed E-state index contributed by atoms with van der Waals surface area (Å²) in [6.07, 6.45) is 0.878. The van der Waals surface area contributed by atoms with E-state index in [1.54, 1.807) is 0 Å². The Labute approximate surface area is 145 Å². The van der Waals surface area contributed by atoms with Crippen LogP contribution in [0.5, 0.6) is 5.75 Å². The number of esters is 2. The normalized spacial score (nSPS) is 11.5. The second-order valence-electron chi connectivity index (χ2n) is 7.61. The summed E-state index contributed by atoms with van der Waals surface area (Å²) >= 11 is 0. The molecule has 24 heavy (non-hydrogen) atoms. The molecule has 0 aliphatic heterocycles. The zero-order chi connectivity index (χ0) is 18.3. The van der Waals surface area contributed by atoms with Gasteiger partial charge in [0.25, 0.3) is 0 Å². The standard InChI is InChI=1S/C20H30O4/c1-14(2)13-23-17(21)11-8-12-18(22)24-19-15(3)9-7-10-16(19)20(4,5)6/h7,9-10,14H,8,11-13H2,1-6H3. The first kappa shape index (κ1) is 20.2. The van der Waals surface area contributed by atoms with E-state index < -0.39 is 0 Å². The van der Waals surface area contributed by atoms with Gasteiger partial charge in [0, 0.05) is 18.4 Å². The Kier molecular flexibility index (Phi) is 7.46. The van der Waals surface area contributed by atoms with Crippen molar-refractivity contribution in [3.05, 3.63) is 29.3 Å². The SMILES string of the molecule is Cc1cccc(C(C)(C)C)c1OC(=O)CCCC(=O)OCC(C)C. The summed E-state index contributed by atoms with van der Waals surface area (Å²) in [5.41, 5.74) is 1.83. The fraction of sp³-hybridized carbons (Fsp3) is 0.600. The van der Waals surface area contributed by atoms with E-state index in [4.69, 9.17) is 9.47 Å². The quantitative estimate of drug-likeness (QED) is 0.541. The summed E-state index contributed by atoms with van der Waals surface area (Å²) in [5, 5.41) is 0. The van der Waals surface area contributed by atoms with Crippen LogP contribution >= 0.6 is 0 Å². The van der Waals surface area contributed by atoms with Gasteiger partial charge in [0.1, 0.15) is 5.75 Å². The van der Waals surface area contributed by atoms with Gasteiger partial charge in [0.05, 0.1) is 6.61 Å². The molecule has 0 aromatic heterocycles. The Morgan fingerprint density at radius 1 is 1.08 bits per heavy atom. The van der Waals surface area contributed by atoms with Gasteiger partial charge in [-0.3, -0.25) is 9.59 Å². The lowest BCUT2D eigenvalue weighted by molar-refractivity contribution is -0.145. The Bertz CT molecular complexity index is 567. The molecule has 0 aliphatic rings. The van der Waals surface area contributed by atoms with Crippen molar-refractivity contribution in [3.8, 4) is 5.75 Å². The molecule has 1 aromatic carbocycles. The van der Waals surface area contributed by atoms with Gasteiger partial charge in [-0.1, -0.05) is 52.8 Å². The van der Waals surface area contributed by atoms with Crippen LogP contribution < -0.4 is 4.74 Å². The third-order valence-corrected chi connectivity index (χ3v) is 3.58. The van der Waals surface area contributed by atoms with Crippen molar-refractivity contribution in [1.29, 1.82) is 0 Å². The van der Waals surface area contributed by atoms with Crippen LogP contribution in [0.15, 0.2) is 18.2 Å². The van der Waals surface area contributed by atoms with E-state index in [1.807, 2.05) is 39.0 Å². The molecule has 0 aliphatic carbocycles. The summed E-state index contributed by atoms with van der Waals surface area (Å²) in [5.74, 6) is 0.377. The summed E-state index contributed by atoms with van der Waals surface area (Å²) in [7, 11) is 0. The molecule has 0 spiro atoms. The van der Waals surface area contributed by atoms with Crippen LogP contribution in [0.2, 0.25) is 0 Å². The van der Waals surface area contributed by atoms with Crippen molar-refractivity contribution in [2.75, 3.05) is 6.61 Å². The maximum absolute atomic E-state index is 12.1. The van der Waals surface area contributed by atoms with Crippen molar-refractivity contribution >= 4 is 11.9 Å². The van der Waals surface area contributed by atoms with Crippen LogP contribution in [0, 0.1) is 12.8 Å². The van der Waals surface area contributed by atoms with Crippen LogP contribution in [0.3, 0.4) is 0 Å². The van der Waals surface area contributed by atoms with Gasteiger partial charge in [0.2, 0.25) is 0 Å². The Hall–Kier alpha value is -1.84. The molecular weight excluding hydrogens is 304 g/mol. The molecule has 1 aromatic rings. The Morgan fingerprint density at radius 3 is 2.29 bits per heavy atom. The summed E-state index contributed by atoms with van der Waals surface area (Å²) < 4.78 is 10.7. The monoisotopic (exact) mass is 334 g/mol. The molecule has 0 unspecified atom stereocenters. The predicted octanol–water partition coefficient (Wildman–Crippen LogP) is 4.57. The molecule has 0 radical (unpaired) electrons. The fourth-order valence-electron chi connectivity index (χ4n) is 2.25. The number of rotatable bonds is 7. The minimum atomic E-state index is -0.313. The average Bonchev–Trinajstić information content (AvgIpc) is 2.46. The molecule has 1 rings (SSSR count). The molecule has 0 atom stereocenters. The third-order valence-electron chi connectivity index (χ3n) is 3.58. The average molecular weight is 334 g/mol. The van der Waals surface area contributed by atoms with Crippen molar-refractivity contribution in [3.63, 3.8) is 0 Å². The van der Waals surface area contributed by atoms with E-state index in [2.05, 4.69) is 20.8 Å². The van der Waals surface area contributed by atoms with E-state index in [9.17, 15) is 9.59 Å². The minimum absolute atomic E-state index is 0.109. The van der Waals surface area contributed by atoms with Gasteiger partial charge in [0.15, 0.2) is 0 Å². The Morgan fingerprint density at radius 2 is 1.71 bits per heavy atom. The highest BCUT2D eigenvalue weighted by Crippen LogP contribution is 2.34. The molecule has 0 saturated heterocycles. The number of carbonyl (C=O) groups excluding carboxylic acids is 2. The molecular formula is C20H30O4. The van der Waals surface area contributed by atoms with Gasteiger partial charge in [-0.05, 0) is 30.2 Å². The number of hydrogen-bond acceptors (Lipinski definition) is 4. The second-order valence-corrected chi connectivity index (χ2v) is 7.61. The molecule has 0 fully saturated rings. The molecule has 0 bridgehead atoms. The van der Waals surface area contributed by atoms with Gasteiger partial charge in [-0.25, -0.2) is 0 Å². The third kappa shape index (κ3) is 6.73. The smallest absolute Gasteiger partial charge is 0.311 e. The topological polar surface area (TPSA) is 52.6 Å². The van der Waals surface area contributed by atoms with E-state index in [1.165, 1.54) is 0 Å². The van der Waals surface area contributed by atoms with E-state index in [-0.39, 0.29) is 30.2 Å². The zero-order valence-electron chi connectivity index (χ0n) is 15.8. The van der Waals surface area contributed by atoms with Crippen molar-refractivity contribution in [1.82, 2.24) is 0 Å². The van der Waals surface area contributed by atoms with E-state index >= 15 is 0 Å². The predicted molar refractivity (Wildman–Crippen MR) is 95.2 cm³/mol. The summed E-state index contributed by atoms with van der Waals surface area (Å²) in [4.78, 5) is 23.7. The molecule has 4 heteroatoms. The van der Waals surface area contributed by atoms with Crippen LogP contribution in [0.25, 0.3) is 0 Å². The lowest BCUT2D eigenvalue weighted by atomic mass is 9.85. The van der Waals surface area contributed by atoms with Gasteiger partial charge in [-0.15, -0.1) is 0 Å². The molecule has 0 heterocycles. The number of para-hydroxylation sites is 1. The van der Waals surface area contributed by atoms with Crippen molar-refractivity contribution in [2.45, 2.75) is 66.2 Å². The number of carbonyl (C=O) groups is 2. The van der Waals surface area contributed by atoms with E-state index in [0.717, 1.165) is 11.1 Å². The summed E-state index contributed by atoms with van der Waals surface area (Å²) in [6, 6.07) is 5.89. The highest BCUT2D eigenvalue weighted by molar-refractivity contribution is 5.75. The molecule has 0 amide bonds. The van der Waals surface area contributed by atoms with Crippen LogP contribution in [-0.2, 0) is 19.7 Å². The molecule has 4 nitrogen and oxygen atoms in total. The Balaban J connectivity index is 2.56. The fourth-order valence-corrected chi connectivity index (χ4v) is 2.25. The van der Waals surface area contributed by atoms with Gasteiger partial charge in [-0.2, -0.15) is 0 Å². The van der Waals surface area contributed by atoms with Crippen LogP contribution in [0.1, 0.15) is 65.0 Å².